The van der Waals surface area contributed by atoms with Gasteiger partial charge in [-0.3, -0.25) is 9.59 Å². The lowest BCUT2D eigenvalue weighted by Gasteiger charge is -2.29. The summed E-state index contributed by atoms with van der Waals surface area (Å²) in [6.07, 6.45) is 3.19. The summed E-state index contributed by atoms with van der Waals surface area (Å²) in [4.78, 5) is 23.3. The van der Waals surface area contributed by atoms with Gasteiger partial charge < -0.3 is 14.8 Å². The summed E-state index contributed by atoms with van der Waals surface area (Å²) in [5.41, 5.74) is 0. The fourth-order valence-corrected chi connectivity index (χ4v) is 3.33. The molecule has 2 rings (SSSR count). The molecule has 0 aromatic carbocycles. The molecule has 5 heteroatoms. The van der Waals surface area contributed by atoms with Crippen molar-refractivity contribution in [3.8, 4) is 0 Å². The van der Waals surface area contributed by atoms with Crippen molar-refractivity contribution in [2.75, 3.05) is 20.8 Å². The fraction of sp³-hybridized carbons (Fsp3) is 0.833. The summed E-state index contributed by atoms with van der Waals surface area (Å²) in [7, 11) is 2.89. The van der Waals surface area contributed by atoms with Gasteiger partial charge in [0, 0.05) is 13.2 Å². The average molecular weight is 241 g/mol. The third-order valence-corrected chi connectivity index (χ3v) is 3.99. The van der Waals surface area contributed by atoms with E-state index in [1.807, 2.05) is 0 Å². The minimum atomic E-state index is -0.195. The van der Waals surface area contributed by atoms with E-state index >= 15 is 0 Å². The Labute approximate surface area is 101 Å². The van der Waals surface area contributed by atoms with Crippen molar-refractivity contribution in [1.82, 2.24) is 5.32 Å². The number of carbonyl (C=O) groups is 2. The highest BCUT2D eigenvalue weighted by atomic mass is 16.5. The maximum atomic E-state index is 11.7. The third kappa shape index (κ3) is 2.29. The molecular formula is C12H19NO4. The summed E-state index contributed by atoms with van der Waals surface area (Å²) < 4.78 is 9.62. The Hall–Kier alpha value is -1.10. The SMILES string of the molecule is COCC(=O)N[C@H]1[C@H]2CC[C@@H](C2)[C@@H]1C(=O)OC. The molecule has 0 heterocycles. The minimum Gasteiger partial charge on any atom is -0.469 e. The van der Waals surface area contributed by atoms with Crippen LogP contribution in [0.5, 0.6) is 0 Å². The van der Waals surface area contributed by atoms with E-state index in [4.69, 9.17) is 9.47 Å². The molecule has 0 aromatic rings. The molecule has 0 saturated heterocycles. The number of ether oxygens (including phenoxy) is 2. The molecule has 17 heavy (non-hydrogen) atoms. The average Bonchev–Trinajstić information content (AvgIpc) is 2.89. The molecular weight excluding hydrogens is 222 g/mol. The van der Waals surface area contributed by atoms with E-state index in [9.17, 15) is 9.59 Å². The van der Waals surface area contributed by atoms with Crippen LogP contribution in [0.15, 0.2) is 0 Å². The molecule has 1 N–H and O–H groups in total. The number of esters is 1. The van der Waals surface area contributed by atoms with E-state index in [1.165, 1.54) is 14.2 Å². The van der Waals surface area contributed by atoms with Crippen LogP contribution in [-0.2, 0) is 19.1 Å². The molecule has 96 valence electrons. The monoisotopic (exact) mass is 241 g/mol. The first-order valence-electron chi connectivity index (χ1n) is 6.03. The Morgan fingerprint density at radius 2 is 1.94 bits per heavy atom. The zero-order valence-electron chi connectivity index (χ0n) is 10.3. The van der Waals surface area contributed by atoms with Crippen LogP contribution < -0.4 is 5.32 Å². The number of rotatable bonds is 4. The number of amides is 1. The molecule has 0 radical (unpaired) electrons. The lowest BCUT2D eigenvalue weighted by atomic mass is 9.84. The predicted octanol–water partition coefficient (Wildman–Crippen LogP) is 0.337. The van der Waals surface area contributed by atoms with Crippen molar-refractivity contribution in [3.63, 3.8) is 0 Å². The first-order chi connectivity index (χ1) is 8.17. The molecule has 4 atom stereocenters. The van der Waals surface area contributed by atoms with Crippen molar-refractivity contribution < 1.29 is 19.1 Å². The van der Waals surface area contributed by atoms with Gasteiger partial charge in [0.15, 0.2) is 0 Å². The van der Waals surface area contributed by atoms with Crippen LogP contribution in [0.3, 0.4) is 0 Å². The van der Waals surface area contributed by atoms with Gasteiger partial charge >= 0.3 is 5.97 Å². The summed E-state index contributed by atoms with van der Waals surface area (Å²) in [6, 6.07) is -0.0659. The van der Waals surface area contributed by atoms with Crippen LogP contribution in [0.1, 0.15) is 19.3 Å². The third-order valence-electron chi connectivity index (χ3n) is 3.99. The first-order valence-corrected chi connectivity index (χ1v) is 6.03. The maximum Gasteiger partial charge on any atom is 0.311 e. The maximum absolute atomic E-state index is 11.7. The summed E-state index contributed by atoms with van der Waals surface area (Å²) in [5.74, 6) is 0.281. The fourth-order valence-electron chi connectivity index (χ4n) is 3.33. The zero-order chi connectivity index (χ0) is 12.4. The molecule has 0 aromatic heterocycles. The predicted molar refractivity (Wildman–Crippen MR) is 60.1 cm³/mol. The summed E-state index contributed by atoms with van der Waals surface area (Å²) in [5, 5.41) is 2.91. The van der Waals surface area contributed by atoms with Gasteiger partial charge in [0.05, 0.1) is 13.0 Å². The largest absolute Gasteiger partial charge is 0.469 e. The van der Waals surface area contributed by atoms with Crippen LogP contribution in [0.2, 0.25) is 0 Å². The van der Waals surface area contributed by atoms with Gasteiger partial charge in [-0.15, -0.1) is 0 Å². The van der Waals surface area contributed by atoms with Crippen molar-refractivity contribution in [3.05, 3.63) is 0 Å². The van der Waals surface area contributed by atoms with Crippen LogP contribution in [0.25, 0.3) is 0 Å². The molecule has 2 saturated carbocycles. The Balaban J connectivity index is 2.03. The lowest BCUT2D eigenvalue weighted by molar-refractivity contribution is -0.148. The highest BCUT2D eigenvalue weighted by molar-refractivity contribution is 5.80. The van der Waals surface area contributed by atoms with Crippen LogP contribution >= 0.6 is 0 Å². The molecule has 2 aliphatic rings. The number of hydrogen-bond donors (Lipinski definition) is 1. The van der Waals surface area contributed by atoms with E-state index in [0.717, 1.165) is 19.3 Å². The number of methoxy groups -OCH3 is 2. The van der Waals surface area contributed by atoms with Gasteiger partial charge in [-0.2, -0.15) is 0 Å². The second kappa shape index (κ2) is 5.04. The Morgan fingerprint density at radius 1 is 1.24 bits per heavy atom. The van der Waals surface area contributed by atoms with E-state index in [0.29, 0.717) is 11.8 Å². The standard InChI is InChI=1S/C12H19NO4/c1-16-6-9(14)13-11-8-4-3-7(5-8)10(11)12(15)17-2/h7-8,10-11H,3-6H2,1-2H3,(H,13,14)/t7-,8-,10-,11-/m0/s1. The smallest absolute Gasteiger partial charge is 0.311 e. The molecule has 0 unspecified atom stereocenters. The number of fused-ring (bicyclic) bond motifs is 2. The molecule has 0 spiro atoms. The van der Waals surface area contributed by atoms with Crippen molar-refractivity contribution in [2.24, 2.45) is 17.8 Å². The van der Waals surface area contributed by atoms with Gasteiger partial charge in [0.25, 0.3) is 0 Å². The Bertz CT molecular complexity index is 318. The number of carbonyl (C=O) groups excluding carboxylic acids is 2. The van der Waals surface area contributed by atoms with Gasteiger partial charge in [-0.1, -0.05) is 0 Å². The lowest BCUT2D eigenvalue weighted by Crippen LogP contribution is -2.48. The van der Waals surface area contributed by atoms with Crippen LogP contribution in [0.4, 0.5) is 0 Å². The van der Waals surface area contributed by atoms with Gasteiger partial charge in [-0.05, 0) is 31.1 Å². The van der Waals surface area contributed by atoms with Gasteiger partial charge in [0.2, 0.25) is 5.91 Å². The van der Waals surface area contributed by atoms with Gasteiger partial charge in [0.1, 0.15) is 6.61 Å². The molecule has 2 fully saturated rings. The zero-order valence-corrected chi connectivity index (χ0v) is 10.3. The van der Waals surface area contributed by atoms with E-state index in [1.54, 1.807) is 0 Å². The number of hydrogen-bond acceptors (Lipinski definition) is 4. The van der Waals surface area contributed by atoms with Crippen LogP contribution in [0, 0.1) is 17.8 Å². The normalized spacial score (nSPS) is 34.7. The summed E-state index contributed by atoms with van der Waals surface area (Å²) in [6.45, 7) is 0.0434. The summed E-state index contributed by atoms with van der Waals surface area (Å²) >= 11 is 0. The van der Waals surface area contributed by atoms with Gasteiger partial charge in [-0.25, -0.2) is 0 Å². The van der Waals surface area contributed by atoms with Crippen LogP contribution in [-0.4, -0.2) is 38.7 Å². The minimum absolute atomic E-state index is 0.0434. The highest BCUT2D eigenvalue weighted by Gasteiger charge is 2.51. The van der Waals surface area contributed by atoms with Crippen molar-refractivity contribution in [1.29, 1.82) is 0 Å². The molecule has 0 aliphatic heterocycles. The van der Waals surface area contributed by atoms with E-state index in [2.05, 4.69) is 5.32 Å². The topological polar surface area (TPSA) is 64.6 Å². The van der Waals surface area contributed by atoms with Crippen molar-refractivity contribution in [2.45, 2.75) is 25.3 Å². The second-order valence-corrected chi connectivity index (χ2v) is 4.91. The second-order valence-electron chi connectivity index (χ2n) is 4.91. The highest BCUT2D eigenvalue weighted by Crippen LogP contribution is 2.48. The first kappa shape index (κ1) is 12.4. The molecule has 2 bridgehead atoms. The Kier molecular flexibility index (Phi) is 3.66. The Morgan fingerprint density at radius 3 is 2.59 bits per heavy atom. The molecule has 5 nitrogen and oxygen atoms in total. The van der Waals surface area contributed by atoms with Crippen molar-refractivity contribution >= 4 is 11.9 Å². The van der Waals surface area contributed by atoms with E-state index in [-0.39, 0.29) is 30.4 Å². The molecule has 1 amide bonds. The quantitative estimate of drug-likeness (QED) is 0.721. The molecule has 2 aliphatic carbocycles. The number of nitrogens with one attached hydrogen (secondary N) is 1. The van der Waals surface area contributed by atoms with E-state index < -0.39 is 0 Å².